The summed E-state index contributed by atoms with van der Waals surface area (Å²) in [6, 6.07) is 7.29. The number of aromatic amines is 1. The number of hydrogen-bond acceptors (Lipinski definition) is 3. The first-order valence-electron chi connectivity index (χ1n) is 9.21. The Kier molecular flexibility index (Phi) is 5.53. The summed E-state index contributed by atoms with van der Waals surface area (Å²) >= 11 is 0. The van der Waals surface area contributed by atoms with Gasteiger partial charge in [-0.25, -0.2) is 9.78 Å². The predicted octanol–water partition coefficient (Wildman–Crippen LogP) is 4.35. The summed E-state index contributed by atoms with van der Waals surface area (Å²) < 4.78 is 0. The van der Waals surface area contributed by atoms with Gasteiger partial charge >= 0.3 is 5.97 Å². The molecule has 0 aliphatic carbocycles. The molecular formula is C20H27N3O2. The van der Waals surface area contributed by atoms with Gasteiger partial charge in [-0.15, -0.1) is 0 Å². The zero-order chi connectivity index (χ0) is 17.8. The standard InChI is InChI=1S/C20H27N3O2/c1-3-14(2)13-23-11-5-4-6-18(23)19-21-12-17(22-19)15-7-9-16(10-8-15)20(24)25/h7-10,12,14,18H,3-6,11,13H2,1-2H3,(H,21,22)(H,24,25). The molecule has 0 bridgehead atoms. The summed E-state index contributed by atoms with van der Waals surface area (Å²) in [5, 5.41) is 9.02. The summed E-state index contributed by atoms with van der Waals surface area (Å²) in [6.45, 7) is 6.81. The smallest absolute Gasteiger partial charge is 0.335 e. The molecule has 1 fully saturated rings. The number of imidazole rings is 1. The molecule has 2 aromatic rings. The molecule has 0 amide bonds. The van der Waals surface area contributed by atoms with E-state index in [1.165, 1.54) is 19.3 Å². The molecule has 5 nitrogen and oxygen atoms in total. The Balaban J connectivity index is 1.78. The van der Waals surface area contributed by atoms with Crippen LogP contribution in [0.5, 0.6) is 0 Å². The van der Waals surface area contributed by atoms with E-state index in [1.807, 2.05) is 18.3 Å². The fraction of sp³-hybridized carbons (Fsp3) is 0.500. The fourth-order valence-electron chi connectivity index (χ4n) is 3.49. The van der Waals surface area contributed by atoms with E-state index in [2.05, 4.69) is 28.7 Å². The molecule has 1 aromatic carbocycles. The number of aromatic carboxylic acids is 1. The Morgan fingerprint density at radius 2 is 2.12 bits per heavy atom. The molecule has 1 aliphatic rings. The third kappa shape index (κ3) is 4.10. The lowest BCUT2D eigenvalue weighted by Crippen LogP contribution is -2.37. The lowest BCUT2D eigenvalue weighted by Gasteiger charge is -2.36. The number of rotatable bonds is 6. The van der Waals surface area contributed by atoms with Crippen LogP contribution < -0.4 is 0 Å². The second-order valence-corrected chi connectivity index (χ2v) is 7.08. The van der Waals surface area contributed by atoms with Gasteiger partial charge in [-0.3, -0.25) is 4.90 Å². The van der Waals surface area contributed by atoms with Crippen LogP contribution in [0.15, 0.2) is 30.5 Å². The van der Waals surface area contributed by atoms with Crippen molar-refractivity contribution in [2.24, 2.45) is 5.92 Å². The minimum absolute atomic E-state index is 0.301. The van der Waals surface area contributed by atoms with Gasteiger partial charge < -0.3 is 10.1 Å². The van der Waals surface area contributed by atoms with Gasteiger partial charge in [-0.2, -0.15) is 0 Å². The molecule has 2 heterocycles. The molecular weight excluding hydrogens is 314 g/mol. The van der Waals surface area contributed by atoms with E-state index in [-0.39, 0.29) is 0 Å². The van der Waals surface area contributed by atoms with Crippen LogP contribution in [-0.4, -0.2) is 39.0 Å². The first kappa shape index (κ1) is 17.7. The van der Waals surface area contributed by atoms with Gasteiger partial charge in [0, 0.05) is 6.54 Å². The number of likely N-dealkylation sites (tertiary alicyclic amines) is 1. The van der Waals surface area contributed by atoms with Crippen LogP contribution in [0.4, 0.5) is 0 Å². The second-order valence-electron chi connectivity index (χ2n) is 7.08. The molecule has 25 heavy (non-hydrogen) atoms. The summed E-state index contributed by atoms with van der Waals surface area (Å²) in [6.07, 6.45) is 6.70. The molecule has 1 saturated heterocycles. The number of H-pyrrole nitrogens is 1. The molecule has 3 rings (SSSR count). The van der Waals surface area contributed by atoms with Crippen molar-refractivity contribution in [2.45, 2.75) is 45.6 Å². The maximum atomic E-state index is 11.0. The van der Waals surface area contributed by atoms with Crippen molar-refractivity contribution in [3.63, 3.8) is 0 Å². The van der Waals surface area contributed by atoms with Gasteiger partial charge in [-0.05, 0) is 43.0 Å². The van der Waals surface area contributed by atoms with Crippen LogP contribution in [0.1, 0.15) is 61.8 Å². The number of aromatic nitrogens is 2. The minimum Gasteiger partial charge on any atom is -0.478 e. The summed E-state index contributed by atoms with van der Waals surface area (Å²) in [5.41, 5.74) is 2.21. The molecule has 2 atom stereocenters. The highest BCUT2D eigenvalue weighted by Gasteiger charge is 2.27. The number of piperidine rings is 1. The minimum atomic E-state index is -0.903. The fourth-order valence-corrected chi connectivity index (χ4v) is 3.49. The Morgan fingerprint density at radius 3 is 2.80 bits per heavy atom. The quantitative estimate of drug-likeness (QED) is 0.819. The van der Waals surface area contributed by atoms with Gasteiger partial charge in [0.2, 0.25) is 0 Å². The SMILES string of the molecule is CCC(C)CN1CCCCC1c1ncc(-c2ccc(C(=O)O)cc2)[nH]1. The van der Waals surface area contributed by atoms with Crippen molar-refractivity contribution in [1.29, 1.82) is 0 Å². The maximum Gasteiger partial charge on any atom is 0.335 e. The maximum absolute atomic E-state index is 11.0. The third-order valence-electron chi connectivity index (χ3n) is 5.21. The Bertz CT molecular complexity index is 708. The number of nitrogens with zero attached hydrogens (tertiary/aromatic N) is 2. The second kappa shape index (κ2) is 7.83. The number of carbonyl (C=O) groups is 1. The van der Waals surface area contributed by atoms with Gasteiger partial charge in [-0.1, -0.05) is 38.8 Å². The molecule has 1 aliphatic heterocycles. The third-order valence-corrected chi connectivity index (χ3v) is 5.21. The molecule has 0 spiro atoms. The molecule has 2 unspecified atom stereocenters. The van der Waals surface area contributed by atoms with Gasteiger partial charge in [0.05, 0.1) is 23.5 Å². The molecule has 0 saturated carbocycles. The normalized spacial score (nSPS) is 19.7. The van der Waals surface area contributed by atoms with Crippen LogP contribution in [0, 0.1) is 5.92 Å². The van der Waals surface area contributed by atoms with Crippen molar-refractivity contribution < 1.29 is 9.90 Å². The highest BCUT2D eigenvalue weighted by molar-refractivity contribution is 5.88. The molecule has 0 radical (unpaired) electrons. The van der Waals surface area contributed by atoms with E-state index in [0.717, 1.165) is 36.6 Å². The van der Waals surface area contributed by atoms with E-state index in [4.69, 9.17) is 5.11 Å². The lowest BCUT2D eigenvalue weighted by molar-refractivity contribution is 0.0697. The van der Waals surface area contributed by atoms with Crippen LogP contribution in [-0.2, 0) is 0 Å². The number of benzene rings is 1. The lowest BCUT2D eigenvalue weighted by atomic mass is 9.99. The number of hydrogen-bond donors (Lipinski definition) is 2. The number of nitrogens with one attached hydrogen (secondary N) is 1. The summed E-state index contributed by atoms with van der Waals surface area (Å²) in [4.78, 5) is 21.7. The van der Waals surface area contributed by atoms with E-state index in [9.17, 15) is 4.79 Å². The number of carboxylic acids is 1. The highest BCUT2D eigenvalue weighted by atomic mass is 16.4. The predicted molar refractivity (Wildman–Crippen MR) is 98.6 cm³/mol. The van der Waals surface area contributed by atoms with Crippen molar-refractivity contribution in [3.05, 3.63) is 41.9 Å². The highest BCUT2D eigenvalue weighted by Crippen LogP contribution is 2.31. The van der Waals surface area contributed by atoms with Gasteiger partial charge in [0.15, 0.2) is 0 Å². The van der Waals surface area contributed by atoms with Gasteiger partial charge in [0.1, 0.15) is 5.82 Å². The van der Waals surface area contributed by atoms with E-state index < -0.39 is 5.97 Å². The molecule has 5 heteroatoms. The summed E-state index contributed by atoms with van der Waals surface area (Å²) in [7, 11) is 0. The zero-order valence-corrected chi connectivity index (χ0v) is 15.0. The van der Waals surface area contributed by atoms with Crippen LogP contribution in [0.3, 0.4) is 0 Å². The first-order chi connectivity index (χ1) is 12.1. The van der Waals surface area contributed by atoms with E-state index >= 15 is 0 Å². The van der Waals surface area contributed by atoms with Crippen LogP contribution in [0.2, 0.25) is 0 Å². The van der Waals surface area contributed by atoms with Crippen molar-refractivity contribution in [2.75, 3.05) is 13.1 Å². The average Bonchev–Trinajstić information content (AvgIpc) is 3.12. The first-order valence-corrected chi connectivity index (χ1v) is 9.21. The van der Waals surface area contributed by atoms with Crippen molar-refractivity contribution in [3.8, 4) is 11.3 Å². The van der Waals surface area contributed by atoms with Crippen LogP contribution >= 0.6 is 0 Å². The van der Waals surface area contributed by atoms with E-state index in [0.29, 0.717) is 17.5 Å². The molecule has 2 N–H and O–H groups in total. The average molecular weight is 341 g/mol. The van der Waals surface area contributed by atoms with Crippen LogP contribution in [0.25, 0.3) is 11.3 Å². The summed E-state index contributed by atoms with van der Waals surface area (Å²) in [5.74, 6) is 0.818. The zero-order valence-electron chi connectivity index (χ0n) is 15.0. The van der Waals surface area contributed by atoms with Gasteiger partial charge in [0.25, 0.3) is 0 Å². The van der Waals surface area contributed by atoms with Crippen molar-refractivity contribution in [1.82, 2.24) is 14.9 Å². The largest absolute Gasteiger partial charge is 0.478 e. The van der Waals surface area contributed by atoms with E-state index in [1.54, 1.807) is 12.1 Å². The van der Waals surface area contributed by atoms with Crippen molar-refractivity contribution >= 4 is 5.97 Å². The topological polar surface area (TPSA) is 69.2 Å². The Labute approximate surface area is 149 Å². The number of carboxylic acid groups (broad SMARTS) is 1. The Hall–Kier alpha value is -2.14. The Morgan fingerprint density at radius 1 is 1.36 bits per heavy atom. The molecule has 1 aromatic heterocycles. The monoisotopic (exact) mass is 341 g/mol. The molecule has 134 valence electrons.